The molecule has 0 aliphatic heterocycles. The van der Waals surface area contributed by atoms with E-state index in [0.29, 0.717) is 10.6 Å². The van der Waals surface area contributed by atoms with Crippen LogP contribution in [0.25, 0.3) is 5.65 Å². The van der Waals surface area contributed by atoms with Gasteiger partial charge in [0.2, 0.25) is 0 Å². The second kappa shape index (κ2) is 6.53. The van der Waals surface area contributed by atoms with Crippen LogP contribution in [0.2, 0.25) is 10.0 Å². The number of aromatic nitrogens is 3. The number of carbonyl (C=O) groups excluding carboxylic acids is 1. The van der Waals surface area contributed by atoms with Crippen LogP contribution >= 0.6 is 23.2 Å². The van der Waals surface area contributed by atoms with Crippen LogP contribution < -0.4 is 5.32 Å². The van der Waals surface area contributed by atoms with Crippen molar-refractivity contribution >= 4 is 34.8 Å². The lowest BCUT2D eigenvalue weighted by Gasteiger charge is -2.09. The Morgan fingerprint density at radius 2 is 1.96 bits per heavy atom. The molecule has 0 spiro atoms. The molecule has 0 radical (unpaired) electrons. The molecule has 0 fully saturated rings. The molecule has 130 valence electrons. The molecule has 3 aromatic rings. The predicted octanol–water partition coefficient (Wildman–Crippen LogP) is 3.98. The summed E-state index contributed by atoms with van der Waals surface area (Å²) in [6.45, 7) is -0.135. The van der Waals surface area contributed by atoms with Crippen molar-refractivity contribution in [2.75, 3.05) is 0 Å². The van der Waals surface area contributed by atoms with E-state index < -0.39 is 17.6 Å². The number of alkyl halides is 3. The molecule has 1 aromatic carbocycles. The van der Waals surface area contributed by atoms with Crippen molar-refractivity contribution in [1.29, 1.82) is 0 Å². The van der Waals surface area contributed by atoms with E-state index in [-0.39, 0.29) is 23.0 Å². The maximum absolute atomic E-state index is 12.9. The van der Waals surface area contributed by atoms with Crippen LogP contribution in [0.1, 0.15) is 21.7 Å². The lowest BCUT2D eigenvalue weighted by Crippen LogP contribution is -2.24. The van der Waals surface area contributed by atoms with Gasteiger partial charge in [0.1, 0.15) is 0 Å². The van der Waals surface area contributed by atoms with Crippen LogP contribution in [0.15, 0.2) is 36.5 Å². The van der Waals surface area contributed by atoms with Crippen LogP contribution in [0.5, 0.6) is 0 Å². The van der Waals surface area contributed by atoms with Crippen LogP contribution in [0, 0.1) is 0 Å². The number of pyridine rings is 1. The topological polar surface area (TPSA) is 59.3 Å². The summed E-state index contributed by atoms with van der Waals surface area (Å²) in [6, 6.07) is 7.03. The van der Waals surface area contributed by atoms with E-state index in [0.717, 1.165) is 16.7 Å². The van der Waals surface area contributed by atoms with Gasteiger partial charge in [0.15, 0.2) is 11.5 Å². The monoisotopic (exact) mass is 388 g/mol. The number of benzene rings is 1. The number of fused-ring (bicyclic) bond motifs is 1. The van der Waals surface area contributed by atoms with Crippen molar-refractivity contribution in [3.63, 3.8) is 0 Å². The van der Waals surface area contributed by atoms with Gasteiger partial charge in [-0.15, -0.1) is 10.2 Å². The first-order chi connectivity index (χ1) is 11.8. The molecular weight excluding hydrogens is 380 g/mol. The predicted molar refractivity (Wildman–Crippen MR) is 85.6 cm³/mol. The van der Waals surface area contributed by atoms with Crippen LogP contribution in [0.4, 0.5) is 13.2 Å². The van der Waals surface area contributed by atoms with Crippen LogP contribution in [0.3, 0.4) is 0 Å². The van der Waals surface area contributed by atoms with Crippen molar-refractivity contribution < 1.29 is 18.0 Å². The minimum absolute atomic E-state index is 0.0710. The molecule has 0 saturated heterocycles. The quantitative estimate of drug-likeness (QED) is 0.737. The summed E-state index contributed by atoms with van der Waals surface area (Å²) >= 11 is 11.6. The first kappa shape index (κ1) is 17.5. The van der Waals surface area contributed by atoms with Crippen LogP contribution in [-0.2, 0) is 12.7 Å². The third kappa shape index (κ3) is 3.69. The molecule has 1 amide bonds. The lowest BCUT2D eigenvalue weighted by atomic mass is 10.2. The highest BCUT2D eigenvalue weighted by Crippen LogP contribution is 2.32. The molecule has 5 nitrogen and oxygen atoms in total. The Morgan fingerprint density at radius 1 is 1.20 bits per heavy atom. The SMILES string of the molecule is O=C(NCc1nnc2c(Cl)cc(C(F)(F)F)cn12)c1cccc(Cl)c1. The Balaban J connectivity index is 1.87. The Kier molecular flexibility index (Phi) is 4.57. The molecule has 2 aromatic heterocycles. The largest absolute Gasteiger partial charge is 0.417 e. The van der Waals surface area contributed by atoms with Gasteiger partial charge in [0, 0.05) is 16.8 Å². The molecule has 10 heteroatoms. The highest BCUT2D eigenvalue weighted by atomic mass is 35.5. The molecule has 1 N–H and O–H groups in total. The molecule has 0 bridgehead atoms. The Hall–Kier alpha value is -2.32. The number of carbonyl (C=O) groups is 1. The van der Waals surface area contributed by atoms with E-state index in [4.69, 9.17) is 23.2 Å². The van der Waals surface area contributed by atoms with E-state index >= 15 is 0 Å². The first-order valence-electron chi connectivity index (χ1n) is 6.90. The minimum atomic E-state index is -4.57. The van der Waals surface area contributed by atoms with Crippen molar-refractivity contribution in [3.05, 3.63) is 63.5 Å². The standard InChI is InChI=1S/C15H9Cl2F3N4O/c16-10-3-1-2-8(4-10)14(25)21-6-12-22-23-13-11(17)5-9(7-24(12)13)15(18,19)20/h1-5,7H,6H2,(H,21,25). The average molecular weight is 389 g/mol. The summed E-state index contributed by atoms with van der Waals surface area (Å²) in [5.41, 5.74) is -0.552. The number of rotatable bonds is 3. The van der Waals surface area contributed by atoms with E-state index in [1.165, 1.54) is 6.07 Å². The van der Waals surface area contributed by atoms with E-state index in [1.807, 2.05) is 0 Å². The minimum Gasteiger partial charge on any atom is -0.345 e. The number of nitrogens with zero attached hydrogens (tertiary/aromatic N) is 3. The number of nitrogens with one attached hydrogen (secondary N) is 1. The summed E-state index contributed by atoms with van der Waals surface area (Å²) in [7, 11) is 0. The van der Waals surface area contributed by atoms with Gasteiger partial charge in [-0.1, -0.05) is 29.3 Å². The molecule has 0 aliphatic carbocycles. The molecule has 0 unspecified atom stereocenters. The number of halogens is 5. The average Bonchev–Trinajstić information content (AvgIpc) is 2.95. The van der Waals surface area contributed by atoms with E-state index in [9.17, 15) is 18.0 Å². The zero-order chi connectivity index (χ0) is 18.2. The molecular formula is C15H9Cl2F3N4O. The molecule has 0 atom stereocenters. The molecule has 3 rings (SSSR count). The van der Waals surface area contributed by atoms with Crippen LogP contribution in [-0.4, -0.2) is 20.5 Å². The summed E-state index contributed by atoms with van der Waals surface area (Å²) in [5, 5.41) is 10.3. The van der Waals surface area contributed by atoms with Gasteiger partial charge >= 0.3 is 6.18 Å². The number of hydrogen-bond donors (Lipinski definition) is 1. The highest BCUT2D eigenvalue weighted by Gasteiger charge is 2.32. The lowest BCUT2D eigenvalue weighted by molar-refractivity contribution is -0.137. The van der Waals surface area contributed by atoms with Crippen molar-refractivity contribution in [1.82, 2.24) is 19.9 Å². The molecule has 25 heavy (non-hydrogen) atoms. The second-order valence-corrected chi connectivity index (χ2v) is 5.92. The molecule has 0 aliphatic rings. The fourth-order valence-electron chi connectivity index (χ4n) is 2.17. The normalized spacial score (nSPS) is 11.7. The fourth-order valence-corrected chi connectivity index (χ4v) is 2.60. The summed E-state index contributed by atoms with van der Waals surface area (Å²) in [4.78, 5) is 12.1. The van der Waals surface area contributed by atoms with Crippen molar-refractivity contribution in [2.24, 2.45) is 0 Å². The van der Waals surface area contributed by atoms with E-state index in [2.05, 4.69) is 15.5 Å². The third-order valence-corrected chi connectivity index (χ3v) is 3.86. The third-order valence-electron chi connectivity index (χ3n) is 3.35. The van der Waals surface area contributed by atoms with Gasteiger partial charge < -0.3 is 5.32 Å². The van der Waals surface area contributed by atoms with Gasteiger partial charge in [-0.2, -0.15) is 13.2 Å². The van der Waals surface area contributed by atoms with Gasteiger partial charge in [-0.3, -0.25) is 9.20 Å². The smallest absolute Gasteiger partial charge is 0.345 e. The summed E-state index contributed by atoms with van der Waals surface area (Å²) in [6.07, 6.45) is -3.73. The summed E-state index contributed by atoms with van der Waals surface area (Å²) < 4.78 is 39.8. The highest BCUT2D eigenvalue weighted by molar-refractivity contribution is 6.33. The molecule has 0 saturated carbocycles. The van der Waals surface area contributed by atoms with Crippen molar-refractivity contribution in [2.45, 2.75) is 12.7 Å². The van der Waals surface area contributed by atoms with Gasteiger partial charge in [-0.25, -0.2) is 0 Å². The Morgan fingerprint density at radius 3 is 2.64 bits per heavy atom. The zero-order valence-electron chi connectivity index (χ0n) is 12.3. The fraction of sp³-hybridized carbons (Fsp3) is 0.133. The van der Waals surface area contributed by atoms with Gasteiger partial charge in [-0.05, 0) is 24.3 Å². The Labute approximate surface area is 149 Å². The maximum Gasteiger partial charge on any atom is 0.417 e. The Bertz CT molecular complexity index is 956. The zero-order valence-corrected chi connectivity index (χ0v) is 13.8. The van der Waals surface area contributed by atoms with E-state index in [1.54, 1.807) is 18.2 Å². The number of amides is 1. The second-order valence-electron chi connectivity index (χ2n) is 5.08. The first-order valence-corrected chi connectivity index (χ1v) is 7.65. The maximum atomic E-state index is 12.9. The molecule has 2 heterocycles. The van der Waals surface area contributed by atoms with Gasteiger partial charge in [0.05, 0.1) is 17.1 Å². The summed E-state index contributed by atoms with van der Waals surface area (Å²) in [5.74, 6) is -0.337. The number of hydrogen-bond acceptors (Lipinski definition) is 3. The van der Waals surface area contributed by atoms with Gasteiger partial charge in [0.25, 0.3) is 5.91 Å². The van der Waals surface area contributed by atoms with Crippen molar-refractivity contribution in [3.8, 4) is 0 Å².